The SMILES string of the molecule is COc1cc(F)c(F)c(Nc2ccc(I)cc2F)c1C1CC1(CC(CO)CO)S(N)(=O)=O. The van der Waals surface area contributed by atoms with Gasteiger partial charge < -0.3 is 20.3 Å². The first-order valence-corrected chi connectivity index (χ1v) is 12.1. The summed E-state index contributed by atoms with van der Waals surface area (Å²) in [5.41, 5.74) is -0.640. The Morgan fingerprint density at radius 2 is 1.91 bits per heavy atom. The number of hydrogen-bond acceptors (Lipinski definition) is 6. The second-order valence-corrected chi connectivity index (χ2v) is 10.9. The van der Waals surface area contributed by atoms with E-state index in [-0.39, 0.29) is 29.8 Å². The zero-order valence-corrected chi connectivity index (χ0v) is 19.9. The third kappa shape index (κ3) is 4.55. The van der Waals surface area contributed by atoms with Crippen molar-refractivity contribution < 1.29 is 36.5 Å². The van der Waals surface area contributed by atoms with Crippen molar-refractivity contribution in [1.82, 2.24) is 0 Å². The van der Waals surface area contributed by atoms with Crippen LogP contribution in [0.15, 0.2) is 24.3 Å². The monoisotopic (exact) mass is 586 g/mol. The third-order valence-corrected chi connectivity index (χ3v) is 8.14. The van der Waals surface area contributed by atoms with E-state index < -0.39 is 63.0 Å². The van der Waals surface area contributed by atoms with Gasteiger partial charge in [0.2, 0.25) is 10.0 Å². The fourth-order valence-electron chi connectivity index (χ4n) is 3.96. The molecule has 0 amide bonds. The number of methoxy groups -OCH3 is 1. The molecule has 12 heteroatoms. The molecule has 1 fully saturated rings. The summed E-state index contributed by atoms with van der Waals surface area (Å²) in [5, 5.41) is 26.9. The van der Waals surface area contributed by atoms with Crippen molar-refractivity contribution >= 4 is 44.0 Å². The molecule has 1 aliphatic rings. The highest BCUT2D eigenvalue weighted by Gasteiger charge is 2.65. The zero-order chi connectivity index (χ0) is 23.8. The van der Waals surface area contributed by atoms with Crippen LogP contribution < -0.4 is 15.2 Å². The van der Waals surface area contributed by atoms with Crippen molar-refractivity contribution in [3.8, 4) is 5.75 Å². The molecule has 0 aromatic heterocycles. The number of sulfonamides is 1. The van der Waals surface area contributed by atoms with E-state index in [1.807, 2.05) is 22.6 Å². The Balaban J connectivity index is 2.16. The molecule has 3 rings (SSSR count). The van der Waals surface area contributed by atoms with E-state index in [0.29, 0.717) is 3.57 Å². The topological polar surface area (TPSA) is 122 Å². The van der Waals surface area contributed by atoms with Gasteiger partial charge in [-0.25, -0.2) is 26.7 Å². The number of benzene rings is 2. The van der Waals surface area contributed by atoms with Crippen LogP contribution in [0.25, 0.3) is 0 Å². The number of anilines is 2. The van der Waals surface area contributed by atoms with Crippen LogP contribution in [0.1, 0.15) is 24.3 Å². The Morgan fingerprint density at radius 1 is 1.25 bits per heavy atom. The van der Waals surface area contributed by atoms with E-state index in [1.54, 1.807) is 6.07 Å². The van der Waals surface area contributed by atoms with E-state index in [4.69, 9.17) is 9.88 Å². The van der Waals surface area contributed by atoms with Gasteiger partial charge in [0.05, 0.1) is 23.2 Å². The summed E-state index contributed by atoms with van der Waals surface area (Å²) >= 11 is 1.89. The van der Waals surface area contributed by atoms with E-state index in [2.05, 4.69) is 5.32 Å². The van der Waals surface area contributed by atoms with Crippen LogP contribution in [0.4, 0.5) is 24.5 Å². The Kier molecular flexibility index (Phi) is 7.29. The summed E-state index contributed by atoms with van der Waals surface area (Å²) in [6.45, 7) is -0.983. The summed E-state index contributed by atoms with van der Waals surface area (Å²) in [5.74, 6) is -5.21. The molecule has 5 N–H and O–H groups in total. The molecule has 7 nitrogen and oxygen atoms in total. The van der Waals surface area contributed by atoms with Crippen LogP contribution in [-0.2, 0) is 10.0 Å². The summed E-state index contributed by atoms with van der Waals surface area (Å²) in [7, 11) is -3.05. The Bertz CT molecular complexity index is 1130. The molecule has 2 aromatic rings. The number of primary sulfonamides is 1. The van der Waals surface area contributed by atoms with Gasteiger partial charge in [-0.3, -0.25) is 0 Å². The number of halogens is 4. The first-order valence-electron chi connectivity index (χ1n) is 9.51. The smallest absolute Gasteiger partial charge is 0.215 e. The van der Waals surface area contributed by atoms with Gasteiger partial charge in [0.25, 0.3) is 0 Å². The third-order valence-electron chi connectivity index (χ3n) is 5.72. The van der Waals surface area contributed by atoms with E-state index >= 15 is 0 Å². The zero-order valence-electron chi connectivity index (χ0n) is 16.9. The van der Waals surface area contributed by atoms with Gasteiger partial charge in [-0.1, -0.05) is 0 Å². The van der Waals surface area contributed by atoms with Crippen LogP contribution in [0.3, 0.4) is 0 Å². The first kappa shape index (κ1) is 25.0. The van der Waals surface area contributed by atoms with Crippen molar-refractivity contribution in [3.05, 3.63) is 50.9 Å². The van der Waals surface area contributed by atoms with Crippen molar-refractivity contribution in [2.75, 3.05) is 25.6 Å². The van der Waals surface area contributed by atoms with Crippen molar-refractivity contribution in [2.24, 2.45) is 11.1 Å². The summed E-state index contributed by atoms with van der Waals surface area (Å²) in [6.07, 6.45) is -0.281. The van der Waals surface area contributed by atoms with Crippen LogP contribution >= 0.6 is 22.6 Å². The molecule has 2 unspecified atom stereocenters. The van der Waals surface area contributed by atoms with E-state index in [0.717, 1.165) is 6.07 Å². The lowest BCUT2D eigenvalue weighted by Crippen LogP contribution is -2.36. The molecule has 1 aliphatic carbocycles. The maximum absolute atomic E-state index is 14.9. The number of ether oxygens (including phenoxy) is 1. The summed E-state index contributed by atoms with van der Waals surface area (Å²) in [6, 6.07) is 4.86. The largest absolute Gasteiger partial charge is 0.496 e. The molecule has 0 saturated heterocycles. The highest BCUT2D eigenvalue weighted by molar-refractivity contribution is 14.1. The number of hydrogen-bond donors (Lipinski definition) is 4. The Morgan fingerprint density at radius 3 is 2.44 bits per heavy atom. The lowest BCUT2D eigenvalue weighted by atomic mass is 9.98. The molecular formula is C20H22F3IN2O5S. The molecule has 0 aliphatic heterocycles. The standard InChI is InChI=1S/C20H22F3IN2O5S/c1-31-16-5-14(22)18(23)19(26-15-3-2-11(24)4-13(15)21)17(16)12-7-20(12,32(25,29)30)6-10(8-27)9-28/h2-5,10,12,26-28H,6-9H2,1H3,(H2,25,29,30). The van der Waals surface area contributed by atoms with Crippen molar-refractivity contribution in [1.29, 1.82) is 0 Å². The minimum atomic E-state index is -4.25. The minimum Gasteiger partial charge on any atom is -0.496 e. The van der Waals surface area contributed by atoms with E-state index in [1.165, 1.54) is 19.2 Å². The summed E-state index contributed by atoms with van der Waals surface area (Å²) < 4.78 is 72.8. The van der Waals surface area contributed by atoms with Gasteiger partial charge in [0, 0.05) is 40.2 Å². The highest BCUT2D eigenvalue weighted by atomic mass is 127. The molecule has 0 heterocycles. The van der Waals surface area contributed by atoms with Crippen molar-refractivity contribution in [2.45, 2.75) is 23.5 Å². The number of aliphatic hydroxyl groups excluding tert-OH is 2. The molecule has 32 heavy (non-hydrogen) atoms. The van der Waals surface area contributed by atoms with Gasteiger partial charge in [-0.2, -0.15) is 0 Å². The number of aliphatic hydroxyl groups is 2. The predicted molar refractivity (Wildman–Crippen MR) is 121 cm³/mol. The molecule has 0 bridgehead atoms. The van der Waals surface area contributed by atoms with Crippen LogP contribution in [0.2, 0.25) is 0 Å². The highest BCUT2D eigenvalue weighted by Crippen LogP contribution is 2.63. The summed E-state index contributed by atoms with van der Waals surface area (Å²) in [4.78, 5) is 0. The second-order valence-electron chi connectivity index (χ2n) is 7.71. The number of rotatable bonds is 9. The predicted octanol–water partition coefficient (Wildman–Crippen LogP) is 2.97. The molecule has 1 saturated carbocycles. The molecule has 2 atom stereocenters. The lowest BCUT2D eigenvalue weighted by molar-refractivity contribution is 0.141. The van der Waals surface area contributed by atoms with Gasteiger partial charge >= 0.3 is 0 Å². The Labute approximate surface area is 197 Å². The second kappa shape index (κ2) is 9.33. The lowest BCUT2D eigenvalue weighted by Gasteiger charge is -2.23. The molecular weight excluding hydrogens is 564 g/mol. The number of nitrogens with two attached hydrogens (primary N) is 1. The fourth-order valence-corrected chi connectivity index (χ4v) is 5.80. The number of nitrogens with one attached hydrogen (secondary N) is 1. The Hall–Kier alpha value is -1.61. The normalized spacial score (nSPS) is 20.5. The van der Waals surface area contributed by atoms with Gasteiger partial charge in [0.1, 0.15) is 11.6 Å². The van der Waals surface area contributed by atoms with Crippen molar-refractivity contribution in [3.63, 3.8) is 0 Å². The quantitative estimate of drug-likeness (QED) is 0.336. The first-order chi connectivity index (χ1) is 15.0. The van der Waals surface area contributed by atoms with E-state index in [9.17, 15) is 31.8 Å². The van der Waals surface area contributed by atoms with Crippen LogP contribution in [-0.4, -0.2) is 43.7 Å². The molecule has 0 radical (unpaired) electrons. The van der Waals surface area contributed by atoms with Crippen LogP contribution in [0.5, 0.6) is 5.75 Å². The fraction of sp³-hybridized carbons (Fsp3) is 0.400. The van der Waals surface area contributed by atoms with Gasteiger partial charge in [0.15, 0.2) is 11.6 Å². The van der Waals surface area contributed by atoms with Gasteiger partial charge in [-0.15, -0.1) is 0 Å². The maximum atomic E-state index is 14.9. The molecule has 176 valence electrons. The molecule has 0 spiro atoms. The van der Waals surface area contributed by atoms with Crippen LogP contribution in [0, 0.1) is 26.9 Å². The average Bonchev–Trinajstić information content (AvgIpc) is 3.46. The average molecular weight is 586 g/mol. The maximum Gasteiger partial charge on any atom is 0.215 e. The minimum absolute atomic E-state index is 0.0204. The molecule has 2 aromatic carbocycles. The van der Waals surface area contributed by atoms with Gasteiger partial charge in [-0.05, 0) is 53.6 Å².